The van der Waals surface area contributed by atoms with Gasteiger partial charge in [0.15, 0.2) is 0 Å². The number of benzene rings is 1. The Bertz CT molecular complexity index is 578. The molecule has 0 aliphatic rings. The van der Waals surface area contributed by atoms with E-state index in [2.05, 4.69) is 10.6 Å². The summed E-state index contributed by atoms with van der Waals surface area (Å²) in [6.07, 6.45) is 4.23. The molecule has 3 N–H and O–H groups in total. The minimum atomic E-state index is -0.950. The summed E-state index contributed by atoms with van der Waals surface area (Å²) < 4.78 is 0. The lowest BCUT2D eigenvalue weighted by Gasteiger charge is -2.27. The topological polar surface area (TPSA) is 78.4 Å². The first-order valence-electron chi connectivity index (χ1n) is 9.26. The smallest absolute Gasteiger partial charge is 0.227 e. The lowest BCUT2D eigenvalue weighted by molar-refractivity contribution is -0.121. The van der Waals surface area contributed by atoms with Crippen molar-refractivity contribution in [3.63, 3.8) is 0 Å². The SMILES string of the molecule is CCCC(=O)Nc1cccc(NC(=O)CC(O)(CCC)CCC)c1C. The van der Waals surface area contributed by atoms with E-state index >= 15 is 0 Å². The van der Waals surface area contributed by atoms with Gasteiger partial charge in [-0.15, -0.1) is 0 Å². The molecule has 0 aliphatic heterocycles. The second-order valence-electron chi connectivity index (χ2n) is 6.73. The number of aliphatic hydroxyl groups is 1. The summed E-state index contributed by atoms with van der Waals surface area (Å²) in [5, 5.41) is 16.4. The second-order valence-corrected chi connectivity index (χ2v) is 6.73. The minimum absolute atomic E-state index is 0.0330. The van der Waals surface area contributed by atoms with E-state index < -0.39 is 5.60 Å². The summed E-state index contributed by atoms with van der Waals surface area (Å²) in [7, 11) is 0. The molecule has 0 heterocycles. The van der Waals surface area contributed by atoms with E-state index in [1.807, 2.05) is 33.8 Å². The fourth-order valence-electron chi connectivity index (χ4n) is 3.07. The largest absolute Gasteiger partial charge is 0.389 e. The number of carbonyl (C=O) groups excluding carboxylic acids is 2. The van der Waals surface area contributed by atoms with Crippen molar-refractivity contribution in [2.45, 2.75) is 78.2 Å². The molecule has 1 aromatic rings. The maximum atomic E-state index is 12.4. The Morgan fingerprint density at radius 3 is 1.96 bits per heavy atom. The van der Waals surface area contributed by atoms with Gasteiger partial charge in [0.1, 0.15) is 0 Å². The summed E-state index contributed by atoms with van der Waals surface area (Å²) >= 11 is 0. The number of hydrogen-bond donors (Lipinski definition) is 3. The third-order valence-corrected chi connectivity index (χ3v) is 4.28. The van der Waals surface area contributed by atoms with Crippen LogP contribution in [0.3, 0.4) is 0 Å². The molecule has 0 aliphatic carbocycles. The molecule has 0 radical (unpaired) electrons. The van der Waals surface area contributed by atoms with Gasteiger partial charge < -0.3 is 15.7 Å². The molecule has 25 heavy (non-hydrogen) atoms. The van der Waals surface area contributed by atoms with E-state index in [1.165, 1.54) is 0 Å². The number of carbonyl (C=O) groups is 2. The van der Waals surface area contributed by atoms with Crippen molar-refractivity contribution in [1.29, 1.82) is 0 Å². The molecule has 140 valence electrons. The van der Waals surface area contributed by atoms with Gasteiger partial charge in [0, 0.05) is 17.8 Å². The van der Waals surface area contributed by atoms with Crippen LogP contribution in [0, 0.1) is 6.92 Å². The monoisotopic (exact) mass is 348 g/mol. The molecular formula is C20H32N2O3. The van der Waals surface area contributed by atoms with Crippen LogP contribution >= 0.6 is 0 Å². The molecule has 0 fully saturated rings. The van der Waals surface area contributed by atoms with Gasteiger partial charge >= 0.3 is 0 Å². The van der Waals surface area contributed by atoms with Crippen molar-refractivity contribution in [1.82, 2.24) is 0 Å². The van der Waals surface area contributed by atoms with Crippen LogP contribution in [0.2, 0.25) is 0 Å². The zero-order valence-electron chi connectivity index (χ0n) is 15.9. The third kappa shape index (κ3) is 6.86. The molecular weight excluding hydrogens is 316 g/mol. The van der Waals surface area contributed by atoms with Crippen molar-refractivity contribution in [3.05, 3.63) is 23.8 Å². The predicted molar refractivity (Wildman–Crippen MR) is 103 cm³/mol. The van der Waals surface area contributed by atoms with Gasteiger partial charge in [0.25, 0.3) is 0 Å². The van der Waals surface area contributed by atoms with E-state index in [1.54, 1.807) is 12.1 Å². The average molecular weight is 348 g/mol. The Morgan fingerprint density at radius 2 is 1.48 bits per heavy atom. The number of amides is 2. The summed E-state index contributed by atoms with van der Waals surface area (Å²) in [4.78, 5) is 24.2. The van der Waals surface area contributed by atoms with Crippen LogP contribution in [-0.2, 0) is 9.59 Å². The normalized spacial score (nSPS) is 11.2. The van der Waals surface area contributed by atoms with Crippen LogP contribution in [0.5, 0.6) is 0 Å². The Balaban J connectivity index is 2.81. The van der Waals surface area contributed by atoms with Crippen molar-refractivity contribution < 1.29 is 14.7 Å². The molecule has 0 saturated carbocycles. The standard InChI is InChI=1S/C20H32N2O3/c1-5-9-18(23)21-16-10-8-11-17(15(16)4)22-19(24)14-20(25,12-6-2)13-7-3/h8,10-11,25H,5-7,9,12-14H2,1-4H3,(H,21,23)(H,22,24). The summed E-state index contributed by atoms with van der Waals surface area (Å²) in [6, 6.07) is 5.43. The Hall–Kier alpha value is -1.88. The third-order valence-electron chi connectivity index (χ3n) is 4.28. The van der Waals surface area contributed by atoms with E-state index in [-0.39, 0.29) is 18.2 Å². The molecule has 1 aromatic carbocycles. The average Bonchev–Trinajstić information content (AvgIpc) is 2.51. The number of anilines is 2. The Labute approximate surface area is 151 Å². The highest BCUT2D eigenvalue weighted by Crippen LogP contribution is 2.27. The zero-order valence-corrected chi connectivity index (χ0v) is 15.9. The fourth-order valence-corrected chi connectivity index (χ4v) is 3.07. The van der Waals surface area contributed by atoms with E-state index in [0.717, 1.165) is 24.8 Å². The highest BCUT2D eigenvalue weighted by atomic mass is 16.3. The first kappa shape index (κ1) is 21.2. The van der Waals surface area contributed by atoms with Crippen LogP contribution in [0.4, 0.5) is 11.4 Å². The van der Waals surface area contributed by atoms with Crippen molar-refractivity contribution in [2.24, 2.45) is 0 Å². The number of nitrogens with one attached hydrogen (secondary N) is 2. The predicted octanol–water partition coefficient (Wildman–Crippen LogP) is 4.39. The molecule has 5 nitrogen and oxygen atoms in total. The molecule has 1 rings (SSSR count). The maximum absolute atomic E-state index is 12.4. The van der Waals surface area contributed by atoms with Crippen LogP contribution in [0.25, 0.3) is 0 Å². The molecule has 0 saturated heterocycles. The number of rotatable bonds is 10. The van der Waals surface area contributed by atoms with Gasteiger partial charge in [-0.1, -0.05) is 39.7 Å². The molecule has 0 atom stereocenters. The van der Waals surface area contributed by atoms with E-state index in [4.69, 9.17) is 0 Å². The zero-order chi connectivity index (χ0) is 18.9. The van der Waals surface area contributed by atoms with Crippen molar-refractivity contribution in [3.8, 4) is 0 Å². The van der Waals surface area contributed by atoms with Gasteiger partial charge in [-0.25, -0.2) is 0 Å². The molecule has 0 unspecified atom stereocenters. The molecule has 5 heteroatoms. The molecule has 0 aromatic heterocycles. The fraction of sp³-hybridized carbons (Fsp3) is 0.600. The van der Waals surface area contributed by atoms with Crippen LogP contribution < -0.4 is 10.6 Å². The summed E-state index contributed by atoms with van der Waals surface area (Å²) in [5.41, 5.74) is 1.23. The quantitative estimate of drug-likeness (QED) is 0.586. The molecule has 0 bridgehead atoms. The lowest BCUT2D eigenvalue weighted by Crippen LogP contribution is -2.34. The Morgan fingerprint density at radius 1 is 0.960 bits per heavy atom. The summed E-state index contributed by atoms with van der Waals surface area (Å²) in [6.45, 7) is 7.83. The molecule has 0 spiro atoms. The maximum Gasteiger partial charge on any atom is 0.227 e. The van der Waals surface area contributed by atoms with E-state index in [0.29, 0.717) is 30.6 Å². The lowest BCUT2D eigenvalue weighted by atomic mass is 9.89. The first-order chi connectivity index (χ1) is 11.8. The minimum Gasteiger partial charge on any atom is -0.389 e. The summed E-state index contributed by atoms with van der Waals surface area (Å²) in [5.74, 6) is -0.237. The van der Waals surface area contributed by atoms with Crippen molar-refractivity contribution >= 4 is 23.2 Å². The van der Waals surface area contributed by atoms with Gasteiger partial charge in [-0.2, -0.15) is 0 Å². The Kier molecular flexibility index (Phi) is 8.62. The van der Waals surface area contributed by atoms with E-state index in [9.17, 15) is 14.7 Å². The molecule has 2 amide bonds. The number of hydrogen-bond acceptors (Lipinski definition) is 3. The van der Waals surface area contributed by atoms with Gasteiger partial charge in [-0.05, 0) is 43.9 Å². The van der Waals surface area contributed by atoms with Gasteiger partial charge in [-0.3, -0.25) is 9.59 Å². The highest BCUT2D eigenvalue weighted by Gasteiger charge is 2.28. The van der Waals surface area contributed by atoms with Crippen LogP contribution in [-0.4, -0.2) is 22.5 Å². The van der Waals surface area contributed by atoms with Gasteiger partial charge in [0.2, 0.25) is 11.8 Å². The van der Waals surface area contributed by atoms with Crippen molar-refractivity contribution in [2.75, 3.05) is 10.6 Å². The van der Waals surface area contributed by atoms with Crippen LogP contribution in [0.1, 0.15) is 71.3 Å². The second kappa shape index (κ2) is 10.2. The first-order valence-corrected chi connectivity index (χ1v) is 9.26. The highest BCUT2D eigenvalue weighted by molar-refractivity contribution is 5.96. The van der Waals surface area contributed by atoms with Crippen LogP contribution in [0.15, 0.2) is 18.2 Å². The van der Waals surface area contributed by atoms with Gasteiger partial charge in [0.05, 0.1) is 12.0 Å².